The Balaban J connectivity index is 0.000000254. The number of hydrogen-bond acceptors (Lipinski definition) is 6. The second-order valence-corrected chi connectivity index (χ2v) is 8.13. The summed E-state index contributed by atoms with van der Waals surface area (Å²) < 4.78 is 61.5. The van der Waals surface area contributed by atoms with E-state index >= 15 is 0 Å². The van der Waals surface area contributed by atoms with Crippen LogP contribution in [0.5, 0.6) is 0 Å². The van der Waals surface area contributed by atoms with Crippen LogP contribution >= 0.6 is 0 Å². The summed E-state index contributed by atoms with van der Waals surface area (Å²) in [4.78, 5) is -0.690. The molecule has 0 saturated carbocycles. The highest BCUT2D eigenvalue weighted by Crippen LogP contribution is 2.22. The molecule has 0 saturated heterocycles. The minimum absolute atomic E-state index is 0.278. The monoisotopic (exact) mass is 396 g/mol. The van der Waals surface area contributed by atoms with Gasteiger partial charge >= 0.3 is 0 Å². The number of rotatable bonds is 2. The molecule has 0 unspecified atom stereocenters. The molecule has 138 valence electrons. The van der Waals surface area contributed by atoms with Crippen LogP contribution in [0.4, 0.5) is 11.4 Å². The highest BCUT2D eigenvalue weighted by atomic mass is 32.2. The molecule has 8 nitrogen and oxygen atoms in total. The normalized spacial score (nSPS) is 11.6. The quantitative estimate of drug-likeness (QED) is 0.378. The van der Waals surface area contributed by atoms with Crippen molar-refractivity contribution in [3.63, 3.8) is 0 Å². The molecule has 0 aliphatic carbocycles. The Hall–Kier alpha value is -2.66. The van der Waals surface area contributed by atoms with Crippen LogP contribution in [-0.4, -0.2) is 25.9 Å². The Bertz CT molecular complexity index is 1070. The molecule has 3 aromatic carbocycles. The summed E-state index contributed by atoms with van der Waals surface area (Å²) in [6, 6.07) is 14.6. The maximum Gasteiger partial charge on any atom is 0.294 e. The standard InChI is InChI=1S/C10H8O6S2.C6H8N2/c11-17(12,13)9-3-1-7-2-4-10(18(14,15)16)6-8(7)5-9;7-5-2-1-3-6(8)4-5/h1-6H,(H,11,12,13)(H,14,15,16);1-4H,7-8H2. The average molecular weight is 396 g/mol. The molecule has 26 heavy (non-hydrogen) atoms. The van der Waals surface area contributed by atoms with Crippen molar-refractivity contribution >= 4 is 42.4 Å². The van der Waals surface area contributed by atoms with E-state index in [0.29, 0.717) is 16.8 Å². The molecular formula is C16H16N2O6S2. The zero-order chi connectivity index (χ0) is 19.5. The minimum Gasteiger partial charge on any atom is -0.399 e. The van der Waals surface area contributed by atoms with Gasteiger partial charge in [0.1, 0.15) is 0 Å². The van der Waals surface area contributed by atoms with E-state index in [1.54, 1.807) is 18.2 Å². The summed E-state index contributed by atoms with van der Waals surface area (Å²) in [5, 5.41) is 0.857. The van der Waals surface area contributed by atoms with Crippen molar-refractivity contribution in [2.75, 3.05) is 11.5 Å². The third-order valence-corrected chi connectivity index (χ3v) is 4.99. The van der Waals surface area contributed by atoms with Crippen molar-refractivity contribution in [2.45, 2.75) is 9.79 Å². The van der Waals surface area contributed by atoms with Crippen LogP contribution in [0.3, 0.4) is 0 Å². The van der Waals surface area contributed by atoms with Gasteiger partial charge in [-0.05, 0) is 53.2 Å². The number of nitrogens with two attached hydrogens (primary N) is 2. The van der Waals surface area contributed by atoms with Crippen molar-refractivity contribution in [2.24, 2.45) is 0 Å². The van der Waals surface area contributed by atoms with Gasteiger partial charge in [0.15, 0.2) is 0 Å². The smallest absolute Gasteiger partial charge is 0.294 e. The molecule has 0 radical (unpaired) electrons. The first kappa shape index (κ1) is 19.7. The molecule has 10 heteroatoms. The number of benzene rings is 3. The lowest BCUT2D eigenvalue weighted by molar-refractivity contribution is 0.481. The van der Waals surface area contributed by atoms with Gasteiger partial charge in [-0.2, -0.15) is 16.8 Å². The van der Waals surface area contributed by atoms with Crippen molar-refractivity contribution in [3.8, 4) is 0 Å². The lowest BCUT2D eigenvalue weighted by Crippen LogP contribution is -1.99. The molecule has 3 aromatic rings. The molecule has 0 aromatic heterocycles. The largest absolute Gasteiger partial charge is 0.399 e. The topological polar surface area (TPSA) is 161 Å². The first-order chi connectivity index (χ1) is 12.0. The predicted molar refractivity (Wildman–Crippen MR) is 98.8 cm³/mol. The van der Waals surface area contributed by atoms with Crippen LogP contribution in [-0.2, 0) is 20.2 Å². The van der Waals surface area contributed by atoms with Gasteiger partial charge in [0.2, 0.25) is 0 Å². The summed E-state index contributed by atoms with van der Waals surface area (Å²) in [6.45, 7) is 0. The Morgan fingerprint density at radius 2 is 1.04 bits per heavy atom. The SMILES string of the molecule is Nc1cccc(N)c1.O=S(=O)(O)c1ccc2ccc(S(=O)(=O)O)cc2c1. The van der Waals surface area contributed by atoms with E-state index in [4.69, 9.17) is 20.6 Å². The summed E-state index contributed by atoms with van der Waals surface area (Å²) in [5.41, 5.74) is 12.2. The summed E-state index contributed by atoms with van der Waals surface area (Å²) >= 11 is 0. The molecule has 0 bridgehead atoms. The Morgan fingerprint density at radius 1 is 0.615 bits per heavy atom. The van der Waals surface area contributed by atoms with Crippen LogP contribution in [0, 0.1) is 0 Å². The van der Waals surface area contributed by atoms with Crippen molar-refractivity contribution in [1.82, 2.24) is 0 Å². The van der Waals surface area contributed by atoms with Crippen molar-refractivity contribution in [1.29, 1.82) is 0 Å². The Kier molecular flexibility index (Phi) is 5.52. The first-order valence-electron chi connectivity index (χ1n) is 7.06. The van der Waals surface area contributed by atoms with Gasteiger partial charge in [0.25, 0.3) is 20.2 Å². The van der Waals surface area contributed by atoms with Gasteiger partial charge in [-0.25, -0.2) is 0 Å². The van der Waals surface area contributed by atoms with E-state index in [2.05, 4.69) is 0 Å². The maximum atomic E-state index is 10.9. The summed E-state index contributed by atoms with van der Waals surface area (Å²) in [7, 11) is -8.71. The molecule has 0 heterocycles. The van der Waals surface area contributed by atoms with Gasteiger partial charge in [-0.1, -0.05) is 18.2 Å². The second-order valence-electron chi connectivity index (χ2n) is 5.29. The van der Waals surface area contributed by atoms with Crippen LogP contribution in [0.2, 0.25) is 0 Å². The van der Waals surface area contributed by atoms with Crippen LogP contribution in [0.25, 0.3) is 10.8 Å². The van der Waals surface area contributed by atoms with E-state index in [1.807, 2.05) is 6.07 Å². The fourth-order valence-corrected chi connectivity index (χ4v) is 3.11. The van der Waals surface area contributed by atoms with Crippen LogP contribution < -0.4 is 11.5 Å². The maximum absolute atomic E-state index is 10.9. The number of anilines is 2. The molecule has 0 aliphatic rings. The van der Waals surface area contributed by atoms with Gasteiger partial charge in [-0.3, -0.25) is 9.11 Å². The van der Waals surface area contributed by atoms with Gasteiger partial charge < -0.3 is 11.5 Å². The lowest BCUT2D eigenvalue weighted by atomic mass is 10.1. The zero-order valence-electron chi connectivity index (χ0n) is 13.3. The third kappa shape index (κ3) is 5.17. The third-order valence-electron chi connectivity index (χ3n) is 3.29. The fourth-order valence-electron chi connectivity index (χ4n) is 2.08. The average Bonchev–Trinajstić information content (AvgIpc) is 2.52. The molecule has 0 aliphatic heterocycles. The van der Waals surface area contributed by atoms with E-state index in [-0.39, 0.29) is 15.2 Å². The minimum atomic E-state index is -4.35. The first-order valence-corrected chi connectivity index (χ1v) is 9.94. The summed E-state index contributed by atoms with van der Waals surface area (Å²) in [6.07, 6.45) is 0. The molecular weight excluding hydrogens is 380 g/mol. The number of hydrogen-bond donors (Lipinski definition) is 4. The molecule has 0 fully saturated rings. The number of fused-ring (bicyclic) bond motifs is 1. The predicted octanol–water partition coefficient (Wildman–Crippen LogP) is 2.18. The Labute approximate surface area is 150 Å². The van der Waals surface area contributed by atoms with Gasteiger partial charge in [0.05, 0.1) is 9.79 Å². The van der Waals surface area contributed by atoms with Gasteiger partial charge in [0, 0.05) is 11.4 Å². The van der Waals surface area contributed by atoms with Crippen molar-refractivity contribution < 1.29 is 25.9 Å². The molecule has 0 spiro atoms. The van der Waals surface area contributed by atoms with Gasteiger partial charge in [-0.15, -0.1) is 0 Å². The molecule has 0 atom stereocenters. The fraction of sp³-hybridized carbons (Fsp3) is 0. The highest BCUT2D eigenvalue weighted by molar-refractivity contribution is 7.86. The molecule has 6 N–H and O–H groups in total. The highest BCUT2D eigenvalue weighted by Gasteiger charge is 2.13. The van der Waals surface area contributed by atoms with E-state index in [9.17, 15) is 16.8 Å². The molecule has 0 amide bonds. The lowest BCUT2D eigenvalue weighted by Gasteiger charge is -2.03. The molecule has 3 rings (SSSR count). The van der Waals surface area contributed by atoms with E-state index in [0.717, 1.165) is 12.1 Å². The van der Waals surface area contributed by atoms with E-state index in [1.165, 1.54) is 24.3 Å². The Morgan fingerprint density at radius 3 is 1.35 bits per heavy atom. The summed E-state index contributed by atoms with van der Waals surface area (Å²) in [5.74, 6) is 0. The van der Waals surface area contributed by atoms with E-state index < -0.39 is 20.2 Å². The van der Waals surface area contributed by atoms with Crippen LogP contribution in [0.15, 0.2) is 70.5 Å². The number of nitrogen functional groups attached to an aromatic ring is 2. The van der Waals surface area contributed by atoms with Crippen LogP contribution in [0.1, 0.15) is 0 Å². The zero-order valence-corrected chi connectivity index (χ0v) is 14.9. The van der Waals surface area contributed by atoms with Crippen molar-refractivity contribution in [3.05, 3.63) is 60.7 Å². The second kappa shape index (κ2) is 7.30.